The summed E-state index contributed by atoms with van der Waals surface area (Å²) < 4.78 is 13.0. The second kappa shape index (κ2) is 8.40. The number of halogens is 1. The maximum absolute atomic E-state index is 6.43. The third kappa shape index (κ3) is 3.93. The number of hydrogen-bond donors (Lipinski definition) is 0. The molecular weight excluding hydrogens is 400 g/mol. The van der Waals surface area contributed by atoms with Gasteiger partial charge in [0.25, 0.3) is 0 Å². The van der Waals surface area contributed by atoms with Crippen molar-refractivity contribution in [2.75, 3.05) is 0 Å². The zero-order valence-corrected chi connectivity index (χ0v) is 17.9. The van der Waals surface area contributed by atoms with Crippen LogP contribution in [0.4, 0.5) is 0 Å². The molecule has 146 valence electrons. The normalized spacial score (nSPS) is 11.0. The van der Waals surface area contributed by atoms with Crippen LogP contribution in [0.15, 0.2) is 71.1 Å². The van der Waals surface area contributed by atoms with Crippen LogP contribution in [0, 0.1) is 11.4 Å². The van der Waals surface area contributed by atoms with E-state index < -0.39 is 0 Å². The van der Waals surface area contributed by atoms with Crippen molar-refractivity contribution in [1.82, 2.24) is 0 Å². The third-order valence-corrected chi connectivity index (χ3v) is 5.76. The minimum Gasteiger partial charge on any atom is -0.488 e. The molecule has 0 aliphatic carbocycles. The van der Waals surface area contributed by atoms with Crippen LogP contribution in [0.3, 0.4) is 0 Å². The molecule has 4 aromatic rings. The smallest absolute Gasteiger partial charge is 0.139 e. The molecule has 0 amide bonds. The Morgan fingerprint density at radius 2 is 1.72 bits per heavy atom. The first-order chi connectivity index (χ1) is 14.1. The molecule has 0 fully saturated rings. The van der Waals surface area contributed by atoms with Crippen LogP contribution >= 0.6 is 23.8 Å². The molecule has 0 spiro atoms. The minimum absolute atomic E-state index is 0.511. The van der Waals surface area contributed by atoms with Gasteiger partial charge in [0, 0.05) is 27.6 Å². The van der Waals surface area contributed by atoms with Gasteiger partial charge in [-0.25, -0.2) is 0 Å². The van der Waals surface area contributed by atoms with E-state index in [0.717, 1.165) is 55.7 Å². The molecule has 0 bridgehead atoms. The van der Waals surface area contributed by atoms with E-state index in [4.69, 9.17) is 33.0 Å². The van der Waals surface area contributed by atoms with Gasteiger partial charge in [-0.3, -0.25) is 0 Å². The Kier molecular flexibility index (Phi) is 5.70. The molecule has 0 atom stereocenters. The monoisotopic (exact) mass is 420 g/mol. The molecule has 0 saturated carbocycles. The average molecular weight is 421 g/mol. The largest absolute Gasteiger partial charge is 0.488 e. The van der Waals surface area contributed by atoms with Gasteiger partial charge in [0.1, 0.15) is 23.7 Å². The number of hydrogen-bond acceptors (Lipinski definition) is 3. The summed E-state index contributed by atoms with van der Waals surface area (Å²) in [6.45, 7) is 4.54. The Labute approximate surface area is 180 Å². The molecule has 1 aromatic heterocycles. The topological polar surface area (TPSA) is 22.4 Å². The highest BCUT2D eigenvalue weighted by molar-refractivity contribution is 7.71. The Morgan fingerprint density at radius 1 is 1.00 bits per heavy atom. The van der Waals surface area contributed by atoms with Crippen LogP contribution in [0.5, 0.6) is 5.75 Å². The van der Waals surface area contributed by atoms with E-state index in [2.05, 4.69) is 25.1 Å². The number of ether oxygens (including phenoxy) is 1. The fraction of sp³-hybridized carbons (Fsp3) is 0.160. The summed E-state index contributed by atoms with van der Waals surface area (Å²) in [5.74, 6) is 1.57. The fourth-order valence-electron chi connectivity index (χ4n) is 3.50. The van der Waals surface area contributed by atoms with Gasteiger partial charge >= 0.3 is 0 Å². The van der Waals surface area contributed by atoms with Gasteiger partial charge in [-0.05, 0) is 36.6 Å². The molecular formula is C25H21ClO2S. The standard InChI is InChI=1S/C25H21ClO2S/c1-3-18-13-20-23(14-22(18)27-15-17-9-5-4-6-10-17)28-16(2)24(25(20)29)19-11-7-8-12-21(19)26/h4-14H,3,15H2,1-2H3. The first-order valence-electron chi connectivity index (χ1n) is 9.60. The van der Waals surface area contributed by atoms with Crippen molar-refractivity contribution in [3.05, 3.63) is 93.1 Å². The van der Waals surface area contributed by atoms with Crippen molar-refractivity contribution >= 4 is 34.8 Å². The number of aryl methyl sites for hydroxylation is 2. The van der Waals surface area contributed by atoms with Crippen LogP contribution in [0.25, 0.3) is 22.1 Å². The van der Waals surface area contributed by atoms with E-state index in [1.807, 2.05) is 55.5 Å². The summed E-state index contributed by atoms with van der Waals surface area (Å²) in [6.07, 6.45) is 0.837. The van der Waals surface area contributed by atoms with Crippen molar-refractivity contribution in [2.24, 2.45) is 0 Å². The quantitative estimate of drug-likeness (QED) is 0.306. The van der Waals surface area contributed by atoms with Gasteiger partial charge < -0.3 is 9.15 Å². The lowest BCUT2D eigenvalue weighted by Crippen LogP contribution is -1.99. The van der Waals surface area contributed by atoms with Crippen LogP contribution in [0.1, 0.15) is 23.8 Å². The highest BCUT2D eigenvalue weighted by Gasteiger charge is 2.15. The molecule has 0 saturated heterocycles. The summed E-state index contributed by atoms with van der Waals surface area (Å²) in [6, 6.07) is 21.9. The molecule has 4 rings (SSSR count). The van der Waals surface area contributed by atoms with Gasteiger partial charge in [-0.1, -0.05) is 79.3 Å². The van der Waals surface area contributed by atoms with E-state index in [-0.39, 0.29) is 0 Å². The summed E-state index contributed by atoms with van der Waals surface area (Å²) in [7, 11) is 0. The fourth-order valence-corrected chi connectivity index (χ4v) is 4.14. The first-order valence-corrected chi connectivity index (χ1v) is 10.4. The molecule has 4 heteroatoms. The number of rotatable bonds is 5. The Balaban J connectivity index is 1.81. The van der Waals surface area contributed by atoms with E-state index in [0.29, 0.717) is 11.6 Å². The van der Waals surface area contributed by atoms with Gasteiger partial charge in [-0.15, -0.1) is 0 Å². The number of fused-ring (bicyclic) bond motifs is 1. The summed E-state index contributed by atoms with van der Waals surface area (Å²) in [4.78, 5) is 0. The average Bonchev–Trinajstić information content (AvgIpc) is 2.74. The third-order valence-electron chi connectivity index (χ3n) is 5.01. The van der Waals surface area contributed by atoms with Crippen LogP contribution < -0.4 is 4.74 Å². The van der Waals surface area contributed by atoms with Gasteiger partial charge in [0.05, 0.1) is 4.51 Å². The SMILES string of the molecule is CCc1cc2c(=S)c(-c3ccccc3Cl)c(C)oc2cc1OCc1ccccc1. The predicted molar refractivity (Wildman–Crippen MR) is 122 cm³/mol. The van der Waals surface area contributed by atoms with E-state index in [1.165, 1.54) is 0 Å². The summed E-state index contributed by atoms with van der Waals surface area (Å²) in [5.41, 5.74) is 4.72. The number of benzene rings is 3. The molecule has 0 N–H and O–H groups in total. The highest BCUT2D eigenvalue weighted by atomic mass is 35.5. The van der Waals surface area contributed by atoms with Crippen LogP contribution in [-0.4, -0.2) is 0 Å². The maximum Gasteiger partial charge on any atom is 0.139 e. The van der Waals surface area contributed by atoms with Crippen molar-refractivity contribution in [3.63, 3.8) is 0 Å². The summed E-state index contributed by atoms with van der Waals surface area (Å²) >= 11 is 12.3. The van der Waals surface area contributed by atoms with Crippen LogP contribution in [-0.2, 0) is 13.0 Å². The Bertz CT molecular complexity index is 1230. The first kappa shape index (κ1) is 19.7. The van der Waals surface area contributed by atoms with Crippen molar-refractivity contribution in [3.8, 4) is 16.9 Å². The van der Waals surface area contributed by atoms with Gasteiger partial charge in [0.15, 0.2) is 0 Å². The molecule has 0 unspecified atom stereocenters. The molecule has 2 nitrogen and oxygen atoms in total. The predicted octanol–water partition coefficient (Wildman–Crippen LogP) is 7.93. The van der Waals surface area contributed by atoms with Gasteiger partial charge in [0.2, 0.25) is 0 Å². The van der Waals surface area contributed by atoms with Crippen LogP contribution in [0.2, 0.25) is 5.02 Å². The Hall–Kier alpha value is -2.62. The lowest BCUT2D eigenvalue weighted by atomic mass is 10.0. The van der Waals surface area contributed by atoms with E-state index in [1.54, 1.807) is 0 Å². The van der Waals surface area contributed by atoms with E-state index >= 15 is 0 Å². The molecule has 3 aromatic carbocycles. The van der Waals surface area contributed by atoms with Gasteiger partial charge in [-0.2, -0.15) is 0 Å². The Morgan fingerprint density at radius 3 is 2.45 bits per heavy atom. The molecule has 1 heterocycles. The van der Waals surface area contributed by atoms with E-state index in [9.17, 15) is 0 Å². The zero-order chi connectivity index (χ0) is 20.4. The minimum atomic E-state index is 0.511. The highest BCUT2D eigenvalue weighted by Crippen LogP contribution is 2.37. The molecule has 0 radical (unpaired) electrons. The maximum atomic E-state index is 6.43. The lowest BCUT2D eigenvalue weighted by Gasteiger charge is -2.14. The second-order valence-electron chi connectivity index (χ2n) is 6.93. The van der Waals surface area contributed by atoms with Crippen molar-refractivity contribution in [1.29, 1.82) is 0 Å². The molecule has 0 aliphatic rings. The van der Waals surface area contributed by atoms with Crippen molar-refractivity contribution in [2.45, 2.75) is 26.9 Å². The molecule has 0 aliphatic heterocycles. The second-order valence-corrected chi connectivity index (χ2v) is 7.74. The summed E-state index contributed by atoms with van der Waals surface area (Å²) in [5, 5.41) is 1.57. The zero-order valence-electron chi connectivity index (χ0n) is 16.4. The lowest BCUT2D eigenvalue weighted by molar-refractivity contribution is 0.303. The molecule has 29 heavy (non-hydrogen) atoms. The van der Waals surface area contributed by atoms with Crippen molar-refractivity contribution < 1.29 is 9.15 Å².